The Morgan fingerprint density at radius 3 is 2.47 bits per heavy atom. The van der Waals surface area contributed by atoms with E-state index in [2.05, 4.69) is 22.4 Å². The van der Waals surface area contributed by atoms with Crippen LogP contribution in [-0.4, -0.2) is 49.9 Å². The zero-order valence-corrected chi connectivity index (χ0v) is 12.4. The standard InChI is InChI=1S/C14H19N2O2S/c1-16(2,3)10-14(17)18-9-8-12-4-6-13(7-5-12)15-11-19/h4-7H,8-10H2,1-3H3/q+1. The molecule has 19 heavy (non-hydrogen) atoms. The summed E-state index contributed by atoms with van der Waals surface area (Å²) in [7, 11) is 5.87. The first-order valence-corrected chi connectivity index (χ1v) is 6.44. The normalized spacial score (nSPS) is 10.7. The van der Waals surface area contributed by atoms with Crippen LogP contribution in [0.5, 0.6) is 0 Å². The molecule has 0 spiro atoms. The highest BCUT2D eigenvalue weighted by atomic mass is 32.1. The summed E-state index contributed by atoms with van der Waals surface area (Å²) in [5.74, 6) is -0.172. The Labute approximate surface area is 119 Å². The van der Waals surface area contributed by atoms with Gasteiger partial charge in [-0.3, -0.25) is 0 Å². The number of esters is 1. The van der Waals surface area contributed by atoms with Crippen molar-refractivity contribution in [1.29, 1.82) is 0 Å². The fourth-order valence-electron chi connectivity index (χ4n) is 1.51. The van der Waals surface area contributed by atoms with Gasteiger partial charge in [0.2, 0.25) is 0 Å². The van der Waals surface area contributed by atoms with Crippen LogP contribution in [0, 0.1) is 0 Å². The molecule has 0 aliphatic carbocycles. The molecule has 4 nitrogen and oxygen atoms in total. The monoisotopic (exact) mass is 279 g/mol. The number of aliphatic imine (C=N–C) groups is 1. The fourth-order valence-corrected chi connectivity index (χ4v) is 1.61. The Morgan fingerprint density at radius 2 is 1.95 bits per heavy atom. The number of ether oxygens (including phenoxy) is 1. The van der Waals surface area contributed by atoms with E-state index in [1.54, 1.807) is 0 Å². The second kappa shape index (κ2) is 7.14. The topological polar surface area (TPSA) is 38.7 Å². The number of rotatable bonds is 6. The van der Waals surface area contributed by atoms with Crippen LogP contribution in [0.4, 0.5) is 5.69 Å². The predicted molar refractivity (Wildman–Crippen MR) is 78.7 cm³/mol. The van der Waals surface area contributed by atoms with Crippen molar-refractivity contribution in [1.82, 2.24) is 0 Å². The van der Waals surface area contributed by atoms with Crippen molar-refractivity contribution < 1.29 is 14.0 Å². The molecule has 0 unspecified atom stereocenters. The van der Waals surface area contributed by atoms with Crippen molar-refractivity contribution in [3.63, 3.8) is 0 Å². The third-order valence-corrected chi connectivity index (χ3v) is 2.46. The minimum absolute atomic E-state index is 0.172. The lowest BCUT2D eigenvalue weighted by atomic mass is 10.1. The summed E-state index contributed by atoms with van der Waals surface area (Å²) in [6.45, 7) is 0.775. The fraction of sp³-hybridized carbons (Fsp3) is 0.429. The minimum atomic E-state index is -0.172. The number of isothiocyanates is 1. The molecule has 1 rings (SSSR count). The molecule has 0 aromatic heterocycles. The number of nitrogens with zero attached hydrogens (tertiary/aromatic N) is 2. The SMILES string of the molecule is C[N+](C)(C)CC(=O)OCCc1ccc(N=C=S)cc1. The zero-order valence-electron chi connectivity index (χ0n) is 11.5. The van der Waals surface area contributed by atoms with Gasteiger partial charge in [-0.1, -0.05) is 12.1 Å². The molecule has 0 bridgehead atoms. The molecule has 0 saturated carbocycles. The lowest BCUT2D eigenvalue weighted by Gasteiger charge is -2.22. The smallest absolute Gasteiger partial charge is 0.361 e. The number of thiocarbonyl (C=S) groups is 1. The van der Waals surface area contributed by atoms with Crippen LogP contribution < -0.4 is 0 Å². The number of hydrogen-bond acceptors (Lipinski definition) is 4. The molecule has 0 radical (unpaired) electrons. The number of carbonyl (C=O) groups excluding carboxylic acids is 1. The molecule has 0 N–H and O–H groups in total. The van der Waals surface area contributed by atoms with Gasteiger partial charge in [-0.05, 0) is 29.9 Å². The maximum absolute atomic E-state index is 11.5. The summed E-state index contributed by atoms with van der Waals surface area (Å²) in [5, 5.41) is 2.32. The molecule has 1 aromatic rings. The Balaban J connectivity index is 2.37. The minimum Gasteiger partial charge on any atom is -0.461 e. The van der Waals surface area contributed by atoms with Gasteiger partial charge in [0, 0.05) is 6.42 Å². The van der Waals surface area contributed by atoms with Crippen molar-refractivity contribution in [3.8, 4) is 0 Å². The Bertz CT molecular complexity index is 471. The quantitative estimate of drug-likeness (QED) is 0.347. The molecular formula is C14H19N2O2S+. The highest BCUT2D eigenvalue weighted by Gasteiger charge is 2.15. The van der Waals surface area contributed by atoms with Crippen LogP contribution in [-0.2, 0) is 16.0 Å². The second-order valence-electron chi connectivity index (χ2n) is 5.29. The van der Waals surface area contributed by atoms with E-state index >= 15 is 0 Å². The first kappa shape index (κ1) is 15.5. The number of hydrogen-bond donors (Lipinski definition) is 0. The van der Waals surface area contributed by atoms with E-state index in [0.717, 1.165) is 11.3 Å². The van der Waals surface area contributed by atoms with Crippen molar-refractivity contribution in [2.75, 3.05) is 34.3 Å². The van der Waals surface area contributed by atoms with Crippen LogP contribution >= 0.6 is 12.2 Å². The van der Waals surface area contributed by atoms with Gasteiger partial charge in [0.1, 0.15) is 0 Å². The Kier molecular flexibility index (Phi) is 5.83. The van der Waals surface area contributed by atoms with Crippen molar-refractivity contribution in [3.05, 3.63) is 29.8 Å². The number of likely N-dealkylation sites (N-methyl/N-ethyl adjacent to an activating group) is 1. The highest BCUT2D eigenvalue weighted by Crippen LogP contribution is 2.12. The molecule has 1 aromatic carbocycles. The lowest BCUT2D eigenvalue weighted by molar-refractivity contribution is -0.862. The van der Waals surface area contributed by atoms with Gasteiger partial charge >= 0.3 is 5.97 Å². The molecule has 102 valence electrons. The largest absolute Gasteiger partial charge is 0.461 e. The van der Waals surface area contributed by atoms with E-state index in [4.69, 9.17) is 4.74 Å². The predicted octanol–water partition coefficient (Wildman–Crippen LogP) is 2.21. The average Bonchev–Trinajstić information content (AvgIpc) is 2.29. The van der Waals surface area contributed by atoms with Gasteiger partial charge in [-0.25, -0.2) is 4.79 Å². The maximum Gasteiger partial charge on any atom is 0.361 e. The molecule has 0 saturated heterocycles. The third-order valence-electron chi connectivity index (χ3n) is 2.37. The summed E-state index contributed by atoms with van der Waals surface area (Å²) < 4.78 is 5.77. The van der Waals surface area contributed by atoms with Gasteiger partial charge in [0.05, 0.1) is 38.6 Å². The first-order chi connectivity index (χ1) is 8.90. The summed E-state index contributed by atoms with van der Waals surface area (Å²) in [6, 6.07) is 7.61. The van der Waals surface area contributed by atoms with Crippen LogP contribution in [0.15, 0.2) is 29.3 Å². The molecule has 0 fully saturated rings. The molecular weight excluding hydrogens is 260 g/mol. The van der Waals surface area contributed by atoms with E-state index in [0.29, 0.717) is 24.1 Å². The third kappa shape index (κ3) is 6.82. The molecule has 0 amide bonds. The maximum atomic E-state index is 11.5. The molecule has 0 aliphatic rings. The van der Waals surface area contributed by atoms with Crippen molar-refractivity contribution in [2.45, 2.75) is 6.42 Å². The lowest BCUT2D eigenvalue weighted by Crippen LogP contribution is -2.40. The summed E-state index contributed by atoms with van der Waals surface area (Å²) in [6.07, 6.45) is 0.699. The number of carbonyl (C=O) groups is 1. The van der Waals surface area contributed by atoms with E-state index in [-0.39, 0.29) is 5.97 Å². The van der Waals surface area contributed by atoms with Crippen molar-refractivity contribution in [2.24, 2.45) is 4.99 Å². The Morgan fingerprint density at radius 1 is 1.32 bits per heavy atom. The molecule has 0 atom stereocenters. The zero-order chi connectivity index (χ0) is 14.3. The second-order valence-corrected chi connectivity index (χ2v) is 5.47. The van der Waals surface area contributed by atoms with E-state index in [1.807, 2.05) is 45.4 Å². The van der Waals surface area contributed by atoms with Gasteiger partial charge in [0.15, 0.2) is 6.54 Å². The number of benzene rings is 1. The van der Waals surface area contributed by atoms with Crippen LogP contribution in [0.25, 0.3) is 0 Å². The van der Waals surface area contributed by atoms with Gasteiger partial charge < -0.3 is 9.22 Å². The average molecular weight is 279 g/mol. The van der Waals surface area contributed by atoms with Gasteiger partial charge in [0.25, 0.3) is 0 Å². The summed E-state index contributed by atoms with van der Waals surface area (Å²) >= 11 is 4.53. The molecule has 0 heterocycles. The summed E-state index contributed by atoms with van der Waals surface area (Å²) in [5.41, 5.74) is 1.88. The Hall–Kier alpha value is -1.55. The van der Waals surface area contributed by atoms with Crippen LogP contribution in [0.1, 0.15) is 5.56 Å². The summed E-state index contributed by atoms with van der Waals surface area (Å²) in [4.78, 5) is 15.4. The van der Waals surface area contributed by atoms with Crippen LogP contribution in [0.2, 0.25) is 0 Å². The molecule has 5 heteroatoms. The first-order valence-electron chi connectivity index (χ1n) is 6.03. The van der Waals surface area contributed by atoms with Gasteiger partial charge in [-0.15, -0.1) is 0 Å². The molecule has 0 aliphatic heterocycles. The van der Waals surface area contributed by atoms with Crippen molar-refractivity contribution >= 4 is 29.0 Å². The van der Waals surface area contributed by atoms with Gasteiger partial charge in [-0.2, -0.15) is 4.99 Å². The van der Waals surface area contributed by atoms with E-state index < -0.39 is 0 Å². The number of quaternary nitrogens is 1. The van der Waals surface area contributed by atoms with Crippen LogP contribution in [0.3, 0.4) is 0 Å². The highest BCUT2D eigenvalue weighted by molar-refractivity contribution is 7.78. The van der Waals surface area contributed by atoms with E-state index in [9.17, 15) is 4.79 Å². The van der Waals surface area contributed by atoms with E-state index in [1.165, 1.54) is 0 Å².